The van der Waals surface area contributed by atoms with Crippen molar-refractivity contribution in [3.05, 3.63) is 11.5 Å². The molecule has 0 radical (unpaired) electrons. The van der Waals surface area contributed by atoms with E-state index in [4.69, 9.17) is 10.6 Å². The molecule has 0 saturated heterocycles. The fraction of sp³-hybridized carbons (Fsp3) is 0.333. The summed E-state index contributed by atoms with van der Waals surface area (Å²) >= 11 is -1.29. The molecule has 0 saturated carbocycles. The highest BCUT2D eigenvalue weighted by atomic mass is 32.2. The third-order valence-electron chi connectivity index (χ3n) is 0.954. The zero-order valence-electron chi connectivity index (χ0n) is 4.74. The second-order valence-corrected chi connectivity index (χ2v) is 2.61. The standard InChI is InChI=1S/C6H6O2S/c1-2-6-4-3-5-9(7)8-6/h1,3,5-6H,4H2. The van der Waals surface area contributed by atoms with Gasteiger partial charge in [-0.05, 0) is 0 Å². The van der Waals surface area contributed by atoms with Crippen LogP contribution in [0, 0.1) is 12.3 Å². The molecule has 0 spiro atoms. The SMILES string of the molecule is C#CC1CC=CS(=O)O1. The summed E-state index contributed by atoms with van der Waals surface area (Å²) in [5.74, 6) is 2.37. The molecular formula is C6H6O2S. The van der Waals surface area contributed by atoms with Crippen LogP contribution in [0.2, 0.25) is 0 Å². The Morgan fingerprint density at radius 3 is 3.11 bits per heavy atom. The molecule has 0 amide bonds. The summed E-state index contributed by atoms with van der Waals surface area (Å²) < 4.78 is 15.3. The van der Waals surface area contributed by atoms with Gasteiger partial charge in [0.2, 0.25) is 0 Å². The van der Waals surface area contributed by atoms with Crippen LogP contribution in [0.4, 0.5) is 0 Å². The van der Waals surface area contributed by atoms with Crippen molar-refractivity contribution >= 4 is 11.1 Å². The highest BCUT2D eigenvalue weighted by Crippen LogP contribution is 2.08. The zero-order chi connectivity index (χ0) is 6.69. The lowest BCUT2D eigenvalue weighted by Gasteiger charge is -2.09. The molecular weight excluding hydrogens is 136 g/mol. The van der Waals surface area contributed by atoms with Gasteiger partial charge in [0.1, 0.15) is 6.10 Å². The van der Waals surface area contributed by atoms with E-state index >= 15 is 0 Å². The topological polar surface area (TPSA) is 26.3 Å². The summed E-state index contributed by atoms with van der Waals surface area (Å²) in [7, 11) is 0. The molecule has 1 heterocycles. The van der Waals surface area contributed by atoms with E-state index in [2.05, 4.69) is 5.92 Å². The molecule has 9 heavy (non-hydrogen) atoms. The summed E-state index contributed by atoms with van der Waals surface area (Å²) in [5.41, 5.74) is 0. The maximum absolute atomic E-state index is 10.5. The maximum atomic E-state index is 10.5. The maximum Gasteiger partial charge on any atom is 0.182 e. The fourth-order valence-corrected chi connectivity index (χ4v) is 1.23. The average Bonchev–Trinajstić information content (AvgIpc) is 1.88. The van der Waals surface area contributed by atoms with Crippen molar-refractivity contribution in [2.24, 2.45) is 0 Å². The molecule has 0 bridgehead atoms. The van der Waals surface area contributed by atoms with Gasteiger partial charge in [0, 0.05) is 11.8 Å². The van der Waals surface area contributed by atoms with Crippen LogP contribution in [0.25, 0.3) is 0 Å². The Hall–Kier alpha value is -0.590. The molecule has 48 valence electrons. The van der Waals surface area contributed by atoms with Crippen molar-refractivity contribution in [2.45, 2.75) is 12.5 Å². The Morgan fingerprint density at radius 2 is 2.67 bits per heavy atom. The third-order valence-corrected chi connectivity index (χ3v) is 1.79. The Kier molecular flexibility index (Phi) is 2.04. The summed E-state index contributed by atoms with van der Waals surface area (Å²) in [4.78, 5) is 0. The van der Waals surface area contributed by atoms with Gasteiger partial charge < -0.3 is 0 Å². The Labute approximate surface area is 56.6 Å². The van der Waals surface area contributed by atoms with Crippen LogP contribution in [-0.4, -0.2) is 10.3 Å². The summed E-state index contributed by atoms with van der Waals surface area (Å²) in [6.45, 7) is 0. The fourth-order valence-electron chi connectivity index (χ4n) is 0.539. The molecule has 1 aliphatic rings. The second-order valence-electron chi connectivity index (χ2n) is 1.62. The number of rotatable bonds is 0. The largest absolute Gasteiger partial charge is 0.270 e. The lowest BCUT2D eigenvalue weighted by atomic mass is 10.3. The molecule has 2 nitrogen and oxygen atoms in total. The predicted molar refractivity (Wildman–Crippen MR) is 35.6 cm³/mol. The van der Waals surface area contributed by atoms with Crippen LogP contribution in [-0.2, 0) is 15.3 Å². The van der Waals surface area contributed by atoms with Crippen molar-refractivity contribution in [1.82, 2.24) is 0 Å². The lowest BCUT2D eigenvalue weighted by molar-refractivity contribution is 0.289. The van der Waals surface area contributed by atoms with Gasteiger partial charge in [-0.2, -0.15) is 0 Å². The smallest absolute Gasteiger partial charge is 0.182 e. The molecule has 2 unspecified atom stereocenters. The van der Waals surface area contributed by atoms with Crippen LogP contribution in [0.3, 0.4) is 0 Å². The highest BCUT2D eigenvalue weighted by Gasteiger charge is 2.10. The van der Waals surface area contributed by atoms with Gasteiger partial charge in [-0.3, -0.25) is 4.18 Å². The van der Waals surface area contributed by atoms with E-state index in [0.717, 1.165) is 0 Å². The van der Waals surface area contributed by atoms with Crippen molar-refractivity contribution in [3.63, 3.8) is 0 Å². The predicted octanol–water partition coefficient (Wildman–Crippen LogP) is 0.586. The van der Waals surface area contributed by atoms with E-state index in [1.807, 2.05) is 0 Å². The van der Waals surface area contributed by atoms with E-state index in [-0.39, 0.29) is 6.10 Å². The Bertz CT molecular complexity index is 190. The summed E-state index contributed by atoms with van der Waals surface area (Å²) in [6.07, 6.45) is 7.16. The van der Waals surface area contributed by atoms with Gasteiger partial charge in [0.05, 0.1) is 0 Å². The monoisotopic (exact) mass is 142 g/mol. The van der Waals surface area contributed by atoms with E-state index in [0.29, 0.717) is 6.42 Å². The third kappa shape index (κ3) is 1.67. The summed E-state index contributed by atoms with van der Waals surface area (Å²) in [6, 6.07) is 0. The molecule has 0 N–H and O–H groups in total. The second kappa shape index (κ2) is 2.81. The number of hydrogen-bond acceptors (Lipinski definition) is 2. The van der Waals surface area contributed by atoms with Crippen LogP contribution in [0.15, 0.2) is 11.5 Å². The van der Waals surface area contributed by atoms with E-state index in [1.165, 1.54) is 5.41 Å². The van der Waals surface area contributed by atoms with Crippen LogP contribution in [0.5, 0.6) is 0 Å². The van der Waals surface area contributed by atoms with Gasteiger partial charge >= 0.3 is 0 Å². The minimum Gasteiger partial charge on any atom is -0.270 e. The van der Waals surface area contributed by atoms with Gasteiger partial charge in [-0.15, -0.1) is 6.42 Å². The van der Waals surface area contributed by atoms with Crippen LogP contribution in [0.1, 0.15) is 6.42 Å². The summed E-state index contributed by atoms with van der Waals surface area (Å²) in [5, 5.41) is 1.49. The molecule has 0 aromatic rings. The Morgan fingerprint density at radius 1 is 1.89 bits per heavy atom. The number of terminal acetylenes is 1. The van der Waals surface area contributed by atoms with Gasteiger partial charge in [0.25, 0.3) is 0 Å². The van der Waals surface area contributed by atoms with Crippen molar-refractivity contribution in [2.75, 3.05) is 0 Å². The van der Waals surface area contributed by atoms with E-state index < -0.39 is 11.1 Å². The zero-order valence-corrected chi connectivity index (χ0v) is 5.56. The minimum absolute atomic E-state index is 0.296. The van der Waals surface area contributed by atoms with E-state index in [1.54, 1.807) is 6.08 Å². The first-order valence-corrected chi connectivity index (χ1v) is 3.67. The molecule has 2 atom stereocenters. The molecule has 0 aromatic carbocycles. The van der Waals surface area contributed by atoms with Crippen molar-refractivity contribution in [1.29, 1.82) is 0 Å². The average molecular weight is 142 g/mol. The van der Waals surface area contributed by atoms with Crippen LogP contribution < -0.4 is 0 Å². The molecule has 1 aliphatic heterocycles. The van der Waals surface area contributed by atoms with Crippen molar-refractivity contribution < 1.29 is 8.39 Å². The first-order valence-electron chi connectivity index (χ1n) is 2.53. The first-order chi connectivity index (χ1) is 4.33. The van der Waals surface area contributed by atoms with E-state index in [9.17, 15) is 4.21 Å². The normalized spacial score (nSPS) is 33.7. The quantitative estimate of drug-likeness (QED) is 0.462. The first kappa shape index (κ1) is 6.53. The molecule has 1 rings (SSSR count). The Balaban J connectivity index is 2.60. The molecule has 0 aromatic heterocycles. The van der Waals surface area contributed by atoms with Gasteiger partial charge in [-0.25, -0.2) is 4.21 Å². The lowest BCUT2D eigenvalue weighted by Crippen LogP contribution is -2.13. The minimum atomic E-state index is -1.29. The molecule has 0 aliphatic carbocycles. The van der Waals surface area contributed by atoms with Crippen molar-refractivity contribution in [3.8, 4) is 12.3 Å². The molecule has 0 fully saturated rings. The van der Waals surface area contributed by atoms with Gasteiger partial charge in [-0.1, -0.05) is 12.0 Å². The van der Waals surface area contributed by atoms with Gasteiger partial charge in [0.15, 0.2) is 11.1 Å². The highest BCUT2D eigenvalue weighted by molar-refractivity contribution is 7.83. The number of hydrogen-bond donors (Lipinski definition) is 0. The van der Waals surface area contributed by atoms with Crippen LogP contribution >= 0.6 is 0 Å². The molecule has 3 heteroatoms.